The third-order valence-corrected chi connectivity index (χ3v) is 4.33. The summed E-state index contributed by atoms with van der Waals surface area (Å²) in [5.41, 5.74) is 1.96. The van der Waals surface area contributed by atoms with Gasteiger partial charge in [-0.05, 0) is 24.6 Å². The van der Waals surface area contributed by atoms with Gasteiger partial charge in [-0.2, -0.15) is 5.10 Å². The van der Waals surface area contributed by atoms with E-state index in [0.29, 0.717) is 41.2 Å². The fraction of sp³-hybridized carbons (Fsp3) is 0.412. The Hall–Kier alpha value is -2.09. The lowest BCUT2D eigenvalue weighted by Crippen LogP contribution is -2.32. The van der Waals surface area contributed by atoms with Crippen molar-refractivity contribution in [3.8, 4) is 17.0 Å². The van der Waals surface area contributed by atoms with Crippen LogP contribution in [0.25, 0.3) is 11.3 Å². The zero-order valence-corrected chi connectivity index (χ0v) is 14.8. The summed E-state index contributed by atoms with van der Waals surface area (Å²) >= 11 is 6.11. The molecule has 0 bridgehead atoms. The van der Waals surface area contributed by atoms with Crippen LogP contribution in [-0.2, 0) is 16.1 Å². The summed E-state index contributed by atoms with van der Waals surface area (Å²) in [6, 6.07) is 5.71. The predicted octanol–water partition coefficient (Wildman–Crippen LogP) is 2.16. The highest BCUT2D eigenvalue weighted by Gasteiger charge is 2.17. The number of nitrogens with zero attached hydrogens (tertiary/aromatic N) is 2. The molecular formula is C17H21ClN4O3. The molecule has 25 heavy (non-hydrogen) atoms. The highest BCUT2D eigenvalue weighted by atomic mass is 35.5. The minimum absolute atomic E-state index is 0.399. The molecule has 0 radical (unpaired) electrons. The Balaban J connectivity index is 1.79. The van der Waals surface area contributed by atoms with Gasteiger partial charge in [0, 0.05) is 36.0 Å². The van der Waals surface area contributed by atoms with Crippen molar-refractivity contribution in [2.24, 2.45) is 0 Å². The first-order valence-corrected chi connectivity index (χ1v) is 8.51. The van der Waals surface area contributed by atoms with Crippen LogP contribution in [0.3, 0.4) is 0 Å². The van der Waals surface area contributed by atoms with Crippen LogP contribution in [0.1, 0.15) is 6.42 Å². The Labute approximate surface area is 151 Å². The van der Waals surface area contributed by atoms with Crippen LogP contribution in [0.15, 0.2) is 24.4 Å². The first-order valence-electron chi connectivity index (χ1n) is 8.14. The van der Waals surface area contributed by atoms with E-state index in [1.54, 1.807) is 36.2 Å². The highest BCUT2D eigenvalue weighted by Crippen LogP contribution is 2.35. The zero-order chi connectivity index (χ0) is 17.6. The van der Waals surface area contributed by atoms with E-state index in [9.17, 15) is 4.79 Å². The average molecular weight is 365 g/mol. The predicted molar refractivity (Wildman–Crippen MR) is 96.1 cm³/mol. The van der Waals surface area contributed by atoms with Crippen LogP contribution < -0.4 is 15.4 Å². The van der Waals surface area contributed by atoms with Crippen LogP contribution in [0.2, 0.25) is 5.02 Å². The molecule has 1 aromatic heterocycles. The number of carbonyl (C=O) groups is 1. The van der Waals surface area contributed by atoms with E-state index in [-0.39, 0.29) is 0 Å². The molecule has 1 atom stereocenters. The smallest absolute Gasteiger partial charge is 0.211 e. The van der Waals surface area contributed by atoms with E-state index in [2.05, 4.69) is 15.7 Å². The topological polar surface area (TPSA) is 77.4 Å². The van der Waals surface area contributed by atoms with E-state index in [0.717, 1.165) is 31.7 Å². The monoisotopic (exact) mass is 364 g/mol. The molecule has 1 fully saturated rings. The number of carbonyl (C=O) groups excluding carboxylic acids is 1. The van der Waals surface area contributed by atoms with Gasteiger partial charge in [-0.1, -0.05) is 11.6 Å². The Morgan fingerprint density at radius 1 is 1.52 bits per heavy atom. The van der Waals surface area contributed by atoms with Gasteiger partial charge in [0.25, 0.3) is 0 Å². The molecule has 0 spiro atoms. The van der Waals surface area contributed by atoms with Crippen LogP contribution in [-0.4, -0.2) is 49.1 Å². The number of rotatable bonds is 8. The van der Waals surface area contributed by atoms with Crippen LogP contribution in [0.4, 0.5) is 5.69 Å². The SMILES string of the molecule is COc1ccc(Cl)cc1-c1nn(CCNC2CCOC2)cc1NC=O. The summed E-state index contributed by atoms with van der Waals surface area (Å²) in [5.74, 6) is 0.643. The number of anilines is 1. The largest absolute Gasteiger partial charge is 0.496 e. The summed E-state index contributed by atoms with van der Waals surface area (Å²) < 4.78 is 12.5. The molecule has 7 nitrogen and oxygen atoms in total. The Kier molecular flexibility index (Phi) is 5.91. The number of amides is 1. The molecule has 2 heterocycles. The van der Waals surface area contributed by atoms with Crippen LogP contribution in [0.5, 0.6) is 5.75 Å². The lowest BCUT2D eigenvalue weighted by atomic mass is 10.1. The van der Waals surface area contributed by atoms with Crippen molar-refractivity contribution in [3.05, 3.63) is 29.4 Å². The zero-order valence-electron chi connectivity index (χ0n) is 14.0. The molecule has 3 rings (SSSR count). The second-order valence-corrected chi connectivity index (χ2v) is 6.21. The van der Waals surface area contributed by atoms with Crippen molar-refractivity contribution in [2.75, 3.05) is 32.2 Å². The van der Waals surface area contributed by atoms with Gasteiger partial charge >= 0.3 is 0 Å². The molecule has 1 aliphatic heterocycles. The maximum Gasteiger partial charge on any atom is 0.211 e. The normalized spacial score (nSPS) is 16.8. The van der Waals surface area contributed by atoms with E-state index in [4.69, 9.17) is 21.1 Å². The maximum atomic E-state index is 10.9. The summed E-state index contributed by atoms with van der Waals surface area (Å²) in [7, 11) is 1.59. The molecule has 0 aliphatic carbocycles. The Morgan fingerprint density at radius 3 is 3.12 bits per heavy atom. The van der Waals surface area contributed by atoms with E-state index in [1.165, 1.54) is 0 Å². The van der Waals surface area contributed by atoms with Crippen molar-refractivity contribution >= 4 is 23.7 Å². The quantitative estimate of drug-likeness (QED) is 0.702. The molecule has 8 heteroatoms. The first-order chi connectivity index (χ1) is 12.2. The molecule has 134 valence electrons. The molecule has 2 aromatic rings. The van der Waals surface area contributed by atoms with Gasteiger partial charge in [-0.15, -0.1) is 0 Å². The number of benzene rings is 1. The summed E-state index contributed by atoms with van der Waals surface area (Å²) in [6.45, 7) is 3.00. The third kappa shape index (κ3) is 4.31. The minimum atomic E-state index is 0.399. The van der Waals surface area contributed by atoms with Crippen molar-refractivity contribution in [2.45, 2.75) is 19.0 Å². The van der Waals surface area contributed by atoms with Crippen LogP contribution in [0, 0.1) is 0 Å². The number of ether oxygens (including phenoxy) is 2. The molecular weight excluding hydrogens is 344 g/mol. The molecule has 1 aliphatic rings. The first kappa shape index (κ1) is 17.7. The van der Waals surface area contributed by atoms with Gasteiger partial charge in [-0.3, -0.25) is 9.48 Å². The van der Waals surface area contributed by atoms with Gasteiger partial charge in [0.05, 0.1) is 25.9 Å². The molecule has 1 saturated heterocycles. The third-order valence-electron chi connectivity index (χ3n) is 4.10. The fourth-order valence-corrected chi connectivity index (χ4v) is 3.02. The van der Waals surface area contributed by atoms with E-state index < -0.39 is 0 Å². The van der Waals surface area contributed by atoms with Crippen molar-refractivity contribution in [1.29, 1.82) is 0 Å². The average Bonchev–Trinajstić information content (AvgIpc) is 3.25. The molecule has 2 N–H and O–H groups in total. The van der Waals surface area contributed by atoms with Crippen molar-refractivity contribution in [1.82, 2.24) is 15.1 Å². The lowest BCUT2D eigenvalue weighted by Gasteiger charge is -2.10. The van der Waals surface area contributed by atoms with Gasteiger partial charge in [-0.25, -0.2) is 0 Å². The maximum absolute atomic E-state index is 10.9. The van der Waals surface area contributed by atoms with E-state index in [1.807, 2.05) is 0 Å². The standard InChI is InChI=1S/C17H21ClN4O3/c1-24-16-3-2-12(18)8-14(16)17-15(20-11-23)9-22(21-17)6-5-19-13-4-7-25-10-13/h2-3,8-9,11,13,19H,4-7,10H2,1H3,(H,20,23). The fourth-order valence-electron chi connectivity index (χ4n) is 2.85. The van der Waals surface area contributed by atoms with Crippen LogP contribution >= 0.6 is 11.6 Å². The lowest BCUT2D eigenvalue weighted by molar-refractivity contribution is -0.105. The van der Waals surface area contributed by atoms with Gasteiger partial charge in [0.1, 0.15) is 11.4 Å². The summed E-state index contributed by atoms with van der Waals surface area (Å²) in [6.07, 6.45) is 3.47. The second-order valence-electron chi connectivity index (χ2n) is 5.78. The van der Waals surface area contributed by atoms with Gasteiger partial charge in [0.2, 0.25) is 6.41 Å². The highest BCUT2D eigenvalue weighted by molar-refractivity contribution is 6.31. The van der Waals surface area contributed by atoms with Gasteiger partial charge < -0.3 is 20.1 Å². The number of halogens is 1. The Morgan fingerprint density at radius 2 is 2.40 bits per heavy atom. The number of hydrogen-bond acceptors (Lipinski definition) is 5. The number of nitrogens with one attached hydrogen (secondary N) is 2. The number of aromatic nitrogens is 2. The van der Waals surface area contributed by atoms with Crippen molar-refractivity contribution in [3.63, 3.8) is 0 Å². The van der Waals surface area contributed by atoms with Crippen molar-refractivity contribution < 1.29 is 14.3 Å². The molecule has 1 amide bonds. The molecule has 0 saturated carbocycles. The molecule has 1 unspecified atom stereocenters. The van der Waals surface area contributed by atoms with Gasteiger partial charge in [0.15, 0.2) is 0 Å². The number of methoxy groups -OCH3 is 1. The second kappa shape index (κ2) is 8.33. The summed E-state index contributed by atoms with van der Waals surface area (Å²) in [4.78, 5) is 10.9. The Bertz CT molecular complexity index is 729. The van der Waals surface area contributed by atoms with E-state index >= 15 is 0 Å². The molecule has 1 aromatic carbocycles. The summed E-state index contributed by atoms with van der Waals surface area (Å²) in [5, 5.41) is 11.3. The minimum Gasteiger partial charge on any atom is -0.496 e. The number of hydrogen-bond donors (Lipinski definition) is 2.